The number of fused-ring (bicyclic) bond motifs is 21. The monoisotopic (exact) mass is 835 g/mol. The summed E-state index contributed by atoms with van der Waals surface area (Å²) in [6.07, 6.45) is 0. The third kappa shape index (κ3) is 4.96. The topological polar surface area (TPSA) is 18.1 Å². The number of nitrogens with zero attached hydrogens (tertiary/aromatic N) is 1. The fraction of sp³-hybridized carbons (Fsp3) is 0. The second-order valence-corrected chi connectivity index (χ2v) is 17.9. The van der Waals surface area contributed by atoms with Crippen molar-refractivity contribution < 1.29 is 4.42 Å². The number of hydrogen-bond acceptors (Lipinski definition) is 1. The lowest BCUT2D eigenvalue weighted by Gasteiger charge is -2.14. The van der Waals surface area contributed by atoms with Gasteiger partial charge in [-0.05, 0) is 141 Å². The van der Waals surface area contributed by atoms with Crippen molar-refractivity contribution in [2.45, 2.75) is 0 Å². The van der Waals surface area contributed by atoms with Crippen molar-refractivity contribution in [1.82, 2.24) is 4.57 Å². The molecule has 2 nitrogen and oxygen atoms in total. The molecule has 304 valence electrons. The third-order valence-corrected chi connectivity index (χ3v) is 14.5. The van der Waals surface area contributed by atoms with Crippen molar-refractivity contribution in [3.8, 4) is 27.9 Å². The average Bonchev–Trinajstić information content (AvgIpc) is 3.94. The number of benzene rings is 13. The summed E-state index contributed by atoms with van der Waals surface area (Å²) in [6.45, 7) is 0. The molecule has 0 aliphatic carbocycles. The van der Waals surface area contributed by atoms with Gasteiger partial charge in [0.15, 0.2) is 0 Å². The molecule has 66 heavy (non-hydrogen) atoms. The number of hydrogen-bond donors (Lipinski definition) is 0. The van der Waals surface area contributed by atoms with E-state index in [-0.39, 0.29) is 0 Å². The fourth-order valence-corrected chi connectivity index (χ4v) is 11.6. The van der Waals surface area contributed by atoms with Crippen LogP contribution in [-0.4, -0.2) is 4.57 Å². The molecule has 15 rings (SSSR count). The van der Waals surface area contributed by atoms with Crippen LogP contribution < -0.4 is 0 Å². The van der Waals surface area contributed by atoms with Crippen LogP contribution in [0.15, 0.2) is 229 Å². The molecular weight excluding hydrogens is 799 g/mol. The van der Waals surface area contributed by atoms with Crippen LogP contribution in [0.1, 0.15) is 0 Å². The molecule has 0 unspecified atom stereocenters. The van der Waals surface area contributed by atoms with Crippen molar-refractivity contribution in [2.24, 2.45) is 0 Å². The molecule has 0 atom stereocenters. The van der Waals surface area contributed by atoms with E-state index in [1.807, 2.05) is 0 Å². The van der Waals surface area contributed by atoms with E-state index in [4.69, 9.17) is 4.42 Å². The van der Waals surface area contributed by atoms with Gasteiger partial charge in [0.2, 0.25) is 0 Å². The Kier molecular flexibility index (Phi) is 7.25. The SMILES string of the molecule is c1ccc(-n2c3ccc4c5ccccc5c5cc(-c6ccc7oc8ccc(-c9ccc%10c%11ccccc%11c%11ccccc%11c%10c9)cc8c7c6)ccc5c4c3c3ccc4ccccc4c32)cc1. The second kappa shape index (κ2) is 13.4. The van der Waals surface area contributed by atoms with Gasteiger partial charge in [0.1, 0.15) is 11.2 Å². The molecule has 0 amide bonds. The summed E-state index contributed by atoms with van der Waals surface area (Å²) in [5.74, 6) is 0. The van der Waals surface area contributed by atoms with Crippen molar-refractivity contribution in [1.29, 1.82) is 0 Å². The summed E-state index contributed by atoms with van der Waals surface area (Å²) in [6, 6.07) is 82.8. The Morgan fingerprint density at radius 3 is 1.27 bits per heavy atom. The Morgan fingerprint density at radius 1 is 0.258 bits per heavy atom. The van der Waals surface area contributed by atoms with Crippen LogP contribution in [0.5, 0.6) is 0 Å². The van der Waals surface area contributed by atoms with E-state index in [0.29, 0.717) is 0 Å². The first-order valence-electron chi connectivity index (χ1n) is 22.8. The predicted octanol–water partition coefficient (Wildman–Crippen LogP) is 18.1. The maximum Gasteiger partial charge on any atom is 0.135 e. The van der Waals surface area contributed by atoms with E-state index in [2.05, 4.69) is 229 Å². The number of rotatable bonds is 3. The highest BCUT2D eigenvalue weighted by Crippen LogP contribution is 2.46. The lowest BCUT2D eigenvalue weighted by Crippen LogP contribution is -1.94. The molecule has 0 fully saturated rings. The van der Waals surface area contributed by atoms with E-state index >= 15 is 0 Å². The smallest absolute Gasteiger partial charge is 0.135 e. The average molecular weight is 836 g/mol. The van der Waals surface area contributed by atoms with Gasteiger partial charge in [-0.15, -0.1) is 0 Å². The maximum atomic E-state index is 6.52. The summed E-state index contributed by atoms with van der Waals surface area (Å²) >= 11 is 0. The van der Waals surface area contributed by atoms with E-state index in [0.717, 1.165) is 33.2 Å². The first-order valence-corrected chi connectivity index (χ1v) is 22.8. The highest BCUT2D eigenvalue weighted by Gasteiger charge is 2.21. The lowest BCUT2D eigenvalue weighted by molar-refractivity contribution is 0.669. The molecule has 0 radical (unpaired) electrons. The van der Waals surface area contributed by atoms with Gasteiger partial charge in [0.05, 0.1) is 11.0 Å². The van der Waals surface area contributed by atoms with Gasteiger partial charge >= 0.3 is 0 Å². The van der Waals surface area contributed by atoms with Gasteiger partial charge in [-0.3, -0.25) is 0 Å². The molecule has 0 aliphatic rings. The molecule has 2 heteroatoms. The highest BCUT2D eigenvalue weighted by molar-refractivity contribution is 6.37. The Hall–Kier alpha value is -8.72. The summed E-state index contributed by atoms with van der Waals surface area (Å²) in [5, 5.41) is 22.6. The zero-order valence-corrected chi connectivity index (χ0v) is 35.7. The number of aromatic nitrogens is 1. The molecule has 0 saturated carbocycles. The van der Waals surface area contributed by atoms with E-state index < -0.39 is 0 Å². The quantitative estimate of drug-likeness (QED) is 0.162. The van der Waals surface area contributed by atoms with Gasteiger partial charge in [-0.1, -0.05) is 170 Å². The van der Waals surface area contributed by atoms with Crippen molar-refractivity contribution in [3.63, 3.8) is 0 Å². The van der Waals surface area contributed by atoms with Crippen molar-refractivity contribution in [3.05, 3.63) is 224 Å². The van der Waals surface area contributed by atoms with Crippen LogP contribution in [0.2, 0.25) is 0 Å². The molecule has 0 N–H and O–H groups in total. The van der Waals surface area contributed by atoms with Gasteiger partial charge in [0.25, 0.3) is 0 Å². The van der Waals surface area contributed by atoms with Crippen LogP contribution >= 0.6 is 0 Å². The van der Waals surface area contributed by atoms with E-state index in [9.17, 15) is 0 Å². The second-order valence-electron chi connectivity index (χ2n) is 17.9. The van der Waals surface area contributed by atoms with Gasteiger partial charge in [0, 0.05) is 38.0 Å². The van der Waals surface area contributed by atoms with Crippen LogP contribution in [0, 0.1) is 0 Å². The van der Waals surface area contributed by atoms with E-state index in [1.54, 1.807) is 0 Å². The molecule has 2 aromatic heterocycles. The Balaban J connectivity index is 0.933. The fourth-order valence-electron chi connectivity index (χ4n) is 11.6. The molecule has 0 spiro atoms. The minimum Gasteiger partial charge on any atom is -0.456 e. The molecule has 15 aromatic rings. The molecule has 0 bridgehead atoms. The van der Waals surface area contributed by atoms with Gasteiger partial charge < -0.3 is 8.98 Å². The minimum absolute atomic E-state index is 0.892. The summed E-state index contributed by atoms with van der Waals surface area (Å²) < 4.78 is 8.99. The molecule has 0 saturated heterocycles. The number of furan rings is 1. The van der Waals surface area contributed by atoms with Crippen LogP contribution in [0.4, 0.5) is 0 Å². The lowest BCUT2D eigenvalue weighted by atomic mass is 9.89. The first kappa shape index (κ1) is 35.7. The highest BCUT2D eigenvalue weighted by atomic mass is 16.3. The van der Waals surface area contributed by atoms with E-state index in [1.165, 1.54) is 114 Å². The van der Waals surface area contributed by atoms with Crippen molar-refractivity contribution in [2.75, 3.05) is 0 Å². The predicted molar refractivity (Wildman–Crippen MR) is 281 cm³/mol. The Morgan fingerprint density at radius 2 is 0.667 bits per heavy atom. The molecule has 2 heterocycles. The zero-order chi connectivity index (χ0) is 43.0. The zero-order valence-electron chi connectivity index (χ0n) is 35.7. The Bertz CT molecular complexity index is 4530. The number of para-hydroxylation sites is 1. The standard InChI is InChI=1S/C64H37NO/c1-2-13-43(14-3-1)65-59-31-30-52-48-19-9-11-21-50(48)56-35-40(24-28-53(56)62(52)63(59)54-29-22-38-12-4-5-15-44(38)64(54)65)42-26-33-61-58(37-42)57-36-41(25-32-60(57)66-61)39-23-27-51-47-18-7-6-16-45(47)46-17-8-10-20-49(46)55(51)34-39/h1-37H. The summed E-state index contributed by atoms with van der Waals surface area (Å²) in [7, 11) is 0. The largest absolute Gasteiger partial charge is 0.456 e. The van der Waals surface area contributed by atoms with Gasteiger partial charge in [-0.25, -0.2) is 0 Å². The molecule has 0 aliphatic heterocycles. The third-order valence-electron chi connectivity index (χ3n) is 14.5. The molecular formula is C64H37NO. The van der Waals surface area contributed by atoms with Gasteiger partial charge in [-0.2, -0.15) is 0 Å². The minimum atomic E-state index is 0.892. The normalized spacial score (nSPS) is 12.2. The van der Waals surface area contributed by atoms with Crippen LogP contribution in [0.3, 0.4) is 0 Å². The summed E-state index contributed by atoms with van der Waals surface area (Å²) in [4.78, 5) is 0. The van der Waals surface area contributed by atoms with Crippen LogP contribution in [0.25, 0.3) is 147 Å². The maximum absolute atomic E-state index is 6.52. The van der Waals surface area contributed by atoms with Crippen LogP contribution in [-0.2, 0) is 0 Å². The molecule has 13 aromatic carbocycles. The summed E-state index contributed by atoms with van der Waals surface area (Å²) in [5.41, 5.74) is 10.1. The Labute approximate surface area is 378 Å². The van der Waals surface area contributed by atoms with Crippen molar-refractivity contribution >= 4 is 119 Å². The first-order chi connectivity index (χ1) is 32.7.